The van der Waals surface area contributed by atoms with Crippen LogP contribution in [-0.2, 0) is 0 Å². The van der Waals surface area contributed by atoms with E-state index < -0.39 is 0 Å². The van der Waals surface area contributed by atoms with Crippen LogP contribution in [-0.4, -0.2) is 0 Å². The first-order valence-electron chi connectivity index (χ1n) is 6.91. The Morgan fingerprint density at radius 1 is 1.22 bits per heavy atom. The van der Waals surface area contributed by atoms with E-state index in [1.54, 1.807) is 6.07 Å². The van der Waals surface area contributed by atoms with Gasteiger partial charge < -0.3 is 0 Å². The van der Waals surface area contributed by atoms with Gasteiger partial charge in [0, 0.05) is 11.6 Å². The van der Waals surface area contributed by atoms with Gasteiger partial charge in [-0.15, -0.1) is 0 Å². The fourth-order valence-corrected chi connectivity index (χ4v) is 2.20. The van der Waals surface area contributed by atoms with Crippen molar-refractivity contribution in [1.82, 2.24) is 5.43 Å². The zero-order chi connectivity index (χ0) is 13.4. The molecule has 1 unspecified atom stereocenters. The topological polar surface area (TPSA) is 38.0 Å². The highest BCUT2D eigenvalue weighted by Gasteiger charge is 2.13. The molecule has 0 saturated carbocycles. The molecule has 1 aromatic carbocycles. The third-order valence-electron chi connectivity index (χ3n) is 3.33. The molecule has 0 aliphatic carbocycles. The molecule has 0 aliphatic rings. The van der Waals surface area contributed by atoms with Crippen molar-refractivity contribution in [2.45, 2.75) is 58.4 Å². The standard InChI is InChI=1S/C15H25FN2/c1-3-4-5-6-7-8-15(18-17)13-10-9-12(2)11-14(13)16/h9-11,15,18H,3-8,17H2,1-2H3. The van der Waals surface area contributed by atoms with E-state index in [1.807, 2.05) is 19.1 Å². The summed E-state index contributed by atoms with van der Waals surface area (Å²) in [6.45, 7) is 4.09. The van der Waals surface area contributed by atoms with E-state index in [4.69, 9.17) is 5.84 Å². The zero-order valence-corrected chi connectivity index (χ0v) is 11.5. The summed E-state index contributed by atoms with van der Waals surface area (Å²) in [7, 11) is 0. The number of halogens is 1. The normalized spacial score (nSPS) is 12.7. The molecule has 102 valence electrons. The van der Waals surface area contributed by atoms with Gasteiger partial charge in [-0.25, -0.2) is 4.39 Å². The summed E-state index contributed by atoms with van der Waals surface area (Å²) >= 11 is 0. The molecule has 1 atom stereocenters. The van der Waals surface area contributed by atoms with Crippen LogP contribution in [0.5, 0.6) is 0 Å². The largest absolute Gasteiger partial charge is 0.271 e. The van der Waals surface area contributed by atoms with Crippen molar-refractivity contribution in [3.63, 3.8) is 0 Å². The van der Waals surface area contributed by atoms with Gasteiger partial charge in [-0.3, -0.25) is 11.3 Å². The van der Waals surface area contributed by atoms with Crippen LogP contribution < -0.4 is 11.3 Å². The molecule has 3 heteroatoms. The van der Waals surface area contributed by atoms with Crippen LogP contribution >= 0.6 is 0 Å². The van der Waals surface area contributed by atoms with E-state index in [9.17, 15) is 4.39 Å². The lowest BCUT2D eigenvalue weighted by molar-refractivity contribution is 0.458. The zero-order valence-electron chi connectivity index (χ0n) is 11.5. The molecular weight excluding hydrogens is 227 g/mol. The number of hydrogen-bond donors (Lipinski definition) is 2. The average Bonchev–Trinajstić information content (AvgIpc) is 2.35. The second kappa shape index (κ2) is 8.22. The molecule has 0 radical (unpaired) electrons. The van der Waals surface area contributed by atoms with Crippen molar-refractivity contribution >= 4 is 0 Å². The summed E-state index contributed by atoms with van der Waals surface area (Å²) in [5.41, 5.74) is 4.35. The molecule has 1 aromatic rings. The second-order valence-electron chi connectivity index (χ2n) is 4.95. The summed E-state index contributed by atoms with van der Waals surface area (Å²) in [5, 5.41) is 0. The minimum Gasteiger partial charge on any atom is -0.271 e. The van der Waals surface area contributed by atoms with E-state index in [1.165, 1.54) is 25.7 Å². The van der Waals surface area contributed by atoms with Gasteiger partial charge in [0.25, 0.3) is 0 Å². The lowest BCUT2D eigenvalue weighted by atomic mass is 9.99. The number of nitrogens with two attached hydrogens (primary N) is 1. The lowest BCUT2D eigenvalue weighted by Crippen LogP contribution is -2.28. The molecule has 0 aromatic heterocycles. The lowest BCUT2D eigenvalue weighted by Gasteiger charge is -2.17. The Hall–Kier alpha value is -0.930. The molecule has 0 fully saturated rings. The SMILES string of the molecule is CCCCCCCC(NN)c1ccc(C)cc1F. The van der Waals surface area contributed by atoms with Gasteiger partial charge in [-0.2, -0.15) is 0 Å². The maximum Gasteiger partial charge on any atom is 0.128 e. The van der Waals surface area contributed by atoms with Crippen LogP contribution in [0.3, 0.4) is 0 Å². The summed E-state index contributed by atoms with van der Waals surface area (Å²) in [5.74, 6) is 5.38. The van der Waals surface area contributed by atoms with Gasteiger partial charge in [0.05, 0.1) is 0 Å². The van der Waals surface area contributed by atoms with Gasteiger partial charge >= 0.3 is 0 Å². The van der Waals surface area contributed by atoms with Crippen molar-refractivity contribution < 1.29 is 4.39 Å². The van der Waals surface area contributed by atoms with Crippen molar-refractivity contribution in [1.29, 1.82) is 0 Å². The molecule has 0 aliphatic heterocycles. The molecule has 0 spiro atoms. The molecule has 0 amide bonds. The van der Waals surface area contributed by atoms with Gasteiger partial charge in [0.2, 0.25) is 0 Å². The number of benzene rings is 1. The number of nitrogens with one attached hydrogen (secondary N) is 1. The first-order valence-corrected chi connectivity index (χ1v) is 6.91. The Bertz CT molecular complexity index is 352. The summed E-state index contributed by atoms with van der Waals surface area (Å²) < 4.78 is 13.8. The van der Waals surface area contributed by atoms with Gasteiger partial charge in [0.1, 0.15) is 5.82 Å². The Morgan fingerprint density at radius 3 is 2.56 bits per heavy atom. The molecule has 2 nitrogen and oxygen atoms in total. The maximum atomic E-state index is 13.8. The van der Waals surface area contributed by atoms with Crippen molar-refractivity contribution in [2.75, 3.05) is 0 Å². The van der Waals surface area contributed by atoms with Crippen LogP contribution in [0, 0.1) is 12.7 Å². The van der Waals surface area contributed by atoms with E-state index in [0.717, 1.165) is 18.4 Å². The molecule has 3 N–H and O–H groups in total. The van der Waals surface area contributed by atoms with Crippen LogP contribution in [0.1, 0.15) is 62.6 Å². The Labute approximate surface area is 110 Å². The second-order valence-corrected chi connectivity index (χ2v) is 4.95. The monoisotopic (exact) mass is 252 g/mol. The van der Waals surface area contributed by atoms with E-state index >= 15 is 0 Å². The minimum atomic E-state index is -0.161. The third-order valence-corrected chi connectivity index (χ3v) is 3.33. The Kier molecular flexibility index (Phi) is 6.91. The van der Waals surface area contributed by atoms with Gasteiger partial charge in [-0.1, -0.05) is 51.2 Å². The fourth-order valence-electron chi connectivity index (χ4n) is 2.20. The van der Waals surface area contributed by atoms with Crippen LogP contribution in [0.4, 0.5) is 4.39 Å². The molecule has 0 bridgehead atoms. The maximum absolute atomic E-state index is 13.8. The first-order chi connectivity index (χ1) is 8.69. The number of unbranched alkanes of at least 4 members (excludes halogenated alkanes) is 4. The fraction of sp³-hybridized carbons (Fsp3) is 0.600. The van der Waals surface area contributed by atoms with E-state index in [-0.39, 0.29) is 11.9 Å². The van der Waals surface area contributed by atoms with Crippen LogP contribution in [0.25, 0.3) is 0 Å². The molecular formula is C15H25FN2. The predicted octanol–water partition coefficient (Wildman–Crippen LogP) is 4.00. The highest BCUT2D eigenvalue weighted by atomic mass is 19.1. The quantitative estimate of drug-likeness (QED) is 0.417. The third kappa shape index (κ3) is 4.75. The summed E-state index contributed by atoms with van der Waals surface area (Å²) in [6, 6.07) is 5.25. The highest BCUT2D eigenvalue weighted by molar-refractivity contribution is 5.26. The van der Waals surface area contributed by atoms with Crippen molar-refractivity contribution in [2.24, 2.45) is 5.84 Å². The predicted molar refractivity (Wildman–Crippen MR) is 74.6 cm³/mol. The van der Waals surface area contributed by atoms with Crippen LogP contribution in [0.2, 0.25) is 0 Å². The minimum absolute atomic E-state index is 0.0766. The number of hydrogen-bond acceptors (Lipinski definition) is 2. The molecule has 18 heavy (non-hydrogen) atoms. The number of aryl methyl sites for hydroxylation is 1. The smallest absolute Gasteiger partial charge is 0.128 e. The number of rotatable bonds is 8. The summed E-state index contributed by atoms with van der Waals surface area (Å²) in [6.07, 6.45) is 6.94. The van der Waals surface area contributed by atoms with Crippen molar-refractivity contribution in [3.8, 4) is 0 Å². The van der Waals surface area contributed by atoms with E-state index in [0.29, 0.717) is 5.56 Å². The Balaban J connectivity index is 2.49. The number of hydrazine groups is 1. The molecule has 0 saturated heterocycles. The van der Waals surface area contributed by atoms with Crippen LogP contribution in [0.15, 0.2) is 18.2 Å². The summed E-state index contributed by atoms with van der Waals surface area (Å²) in [4.78, 5) is 0. The molecule has 1 rings (SSSR count). The van der Waals surface area contributed by atoms with E-state index in [2.05, 4.69) is 12.3 Å². The first kappa shape index (κ1) is 15.1. The average molecular weight is 252 g/mol. The Morgan fingerprint density at radius 2 is 1.94 bits per heavy atom. The van der Waals surface area contributed by atoms with Crippen molar-refractivity contribution in [3.05, 3.63) is 35.1 Å². The van der Waals surface area contributed by atoms with Gasteiger partial charge in [-0.05, 0) is 25.0 Å². The van der Waals surface area contributed by atoms with Gasteiger partial charge in [0.15, 0.2) is 0 Å². The highest BCUT2D eigenvalue weighted by Crippen LogP contribution is 2.23. The molecule has 0 heterocycles.